The summed E-state index contributed by atoms with van der Waals surface area (Å²) in [6.45, 7) is 0. The van der Waals surface area contributed by atoms with Crippen LogP contribution >= 0.6 is 0 Å². The van der Waals surface area contributed by atoms with Gasteiger partial charge in [0.1, 0.15) is 5.71 Å². The van der Waals surface area contributed by atoms with Crippen molar-refractivity contribution in [1.82, 2.24) is 10.6 Å². The largest absolute Gasteiger partial charge is 0.481 e. The van der Waals surface area contributed by atoms with Gasteiger partial charge in [-0.2, -0.15) is 0 Å². The number of hydrogen-bond acceptors (Lipinski definition) is 4. The molecule has 2 amide bonds. The summed E-state index contributed by atoms with van der Waals surface area (Å²) >= 11 is 0. The molecule has 2 unspecified atom stereocenters. The van der Waals surface area contributed by atoms with E-state index in [1.807, 2.05) is 6.07 Å². The Morgan fingerprint density at radius 2 is 2.00 bits per heavy atom. The highest BCUT2D eigenvalue weighted by atomic mass is 16.7. The molecule has 0 radical (unpaired) electrons. The van der Waals surface area contributed by atoms with E-state index in [9.17, 15) is 14.7 Å². The number of carboxylic acid groups (broad SMARTS) is 1. The molecule has 0 saturated carbocycles. The monoisotopic (exact) mass is 263 g/mol. The maximum absolute atomic E-state index is 11.3. The van der Waals surface area contributed by atoms with Gasteiger partial charge < -0.3 is 15.3 Å². The van der Waals surface area contributed by atoms with Gasteiger partial charge in [0.25, 0.3) is 0 Å². The van der Waals surface area contributed by atoms with Crippen molar-refractivity contribution in [2.75, 3.05) is 7.05 Å². The molecule has 2 atom stereocenters. The zero-order valence-corrected chi connectivity index (χ0v) is 10.2. The van der Waals surface area contributed by atoms with Crippen LogP contribution in [0.3, 0.4) is 0 Å². The summed E-state index contributed by atoms with van der Waals surface area (Å²) < 4.78 is 0. The van der Waals surface area contributed by atoms with Gasteiger partial charge in [-0.1, -0.05) is 35.5 Å². The zero-order valence-electron chi connectivity index (χ0n) is 10.2. The molecule has 0 bridgehead atoms. The molecule has 7 heteroatoms. The fraction of sp³-hybridized carbons (Fsp3) is 0.250. The van der Waals surface area contributed by atoms with Gasteiger partial charge in [-0.05, 0) is 0 Å². The van der Waals surface area contributed by atoms with Crippen LogP contribution in [0.4, 0.5) is 4.79 Å². The first-order valence-corrected chi connectivity index (χ1v) is 5.63. The molecule has 1 aromatic carbocycles. The van der Waals surface area contributed by atoms with Gasteiger partial charge in [0.2, 0.25) is 6.23 Å². The molecule has 0 aromatic heterocycles. The molecule has 0 aliphatic carbocycles. The van der Waals surface area contributed by atoms with Crippen molar-refractivity contribution >= 4 is 17.7 Å². The molecule has 7 nitrogen and oxygen atoms in total. The number of urea groups is 1. The number of aliphatic carboxylic acids is 1. The smallest absolute Gasteiger partial charge is 0.318 e. The van der Waals surface area contributed by atoms with Crippen LogP contribution in [0.25, 0.3) is 0 Å². The Balaban J connectivity index is 2.22. The Morgan fingerprint density at radius 3 is 2.58 bits per heavy atom. The summed E-state index contributed by atoms with van der Waals surface area (Å²) in [6.07, 6.45) is -1.02. The Kier molecular flexibility index (Phi) is 3.65. The lowest BCUT2D eigenvalue weighted by molar-refractivity contribution is -0.142. The fourth-order valence-corrected chi connectivity index (χ4v) is 1.77. The number of oxime groups is 1. The van der Waals surface area contributed by atoms with E-state index in [-0.39, 0.29) is 5.71 Å². The van der Waals surface area contributed by atoms with Gasteiger partial charge in [0.15, 0.2) is 5.92 Å². The highest BCUT2D eigenvalue weighted by molar-refractivity contribution is 6.12. The van der Waals surface area contributed by atoms with Crippen LogP contribution in [0.5, 0.6) is 0 Å². The second kappa shape index (κ2) is 5.38. The zero-order chi connectivity index (χ0) is 13.8. The second-order valence-electron chi connectivity index (χ2n) is 3.91. The third-order valence-corrected chi connectivity index (χ3v) is 2.70. The molecule has 3 N–H and O–H groups in total. The van der Waals surface area contributed by atoms with Crippen molar-refractivity contribution in [3.05, 3.63) is 35.9 Å². The maximum atomic E-state index is 11.3. The number of amides is 2. The molecule has 1 heterocycles. The van der Waals surface area contributed by atoms with Crippen molar-refractivity contribution in [3.63, 3.8) is 0 Å². The molecule has 100 valence electrons. The lowest BCUT2D eigenvalue weighted by atomic mass is 9.96. The van der Waals surface area contributed by atoms with Crippen molar-refractivity contribution in [3.8, 4) is 0 Å². The normalized spacial score (nSPS) is 21.2. The summed E-state index contributed by atoms with van der Waals surface area (Å²) in [5, 5.41) is 17.8. The number of carboxylic acids is 1. The molecule has 0 saturated heterocycles. The van der Waals surface area contributed by atoms with E-state index in [4.69, 9.17) is 4.84 Å². The summed E-state index contributed by atoms with van der Waals surface area (Å²) in [5.41, 5.74) is 0.936. The maximum Gasteiger partial charge on any atom is 0.318 e. The van der Waals surface area contributed by atoms with Crippen molar-refractivity contribution in [2.45, 2.75) is 6.23 Å². The van der Waals surface area contributed by atoms with Crippen LogP contribution in [-0.4, -0.2) is 36.1 Å². The number of nitrogens with zero attached hydrogens (tertiary/aromatic N) is 1. The van der Waals surface area contributed by atoms with Crippen molar-refractivity contribution in [2.24, 2.45) is 11.1 Å². The van der Waals surface area contributed by atoms with E-state index in [0.717, 1.165) is 0 Å². The SMILES string of the molecule is CNC(=O)NC1ON=C(c2ccccc2)C1C(=O)O. The Morgan fingerprint density at radius 1 is 1.32 bits per heavy atom. The highest BCUT2D eigenvalue weighted by Gasteiger charge is 2.41. The molecule has 1 aromatic rings. The van der Waals surface area contributed by atoms with E-state index in [1.54, 1.807) is 24.3 Å². The first kappa shape index (κ1) is 12.9. The fourth-order valence-electron chi connectivity index (χ4n) is 1.77. The molecule has 2 rings (SSSR count). The van der Waals surface area contributed by atoms with Crippen LogP contribution in [-0.2, 0) is 9.63 Å². The Bertz CT molecular complexity index is 515. The minimum Gasteiger partial charge on any atom is -0.481 e. The number of benzene rings is 1. The van der Waals surface area contributed by atoms with E-state index >= 15 is 0 Å². The van der Waals surface area contributed by atoms with E-state index in [2.05, 4.69) is 15.8 Å². The average Bonchev–Trinajstić information content (AvgIpc) is 2.83. The van der Waals surface area contributed by atoms with Crippen LogP contribution in [0.1, 0.15) is 5.56 Å². The predicted molar refractivity (Wildman–Crippen MR) is 66.6 cm³/mol. The predicted octanol–water partition coefficient (Wildman–Crippen LogP) is 0.377. The first-order valence-electron chi connectivity index (χ1n) is 5.63. The van der Waals surface area contributed by atoms with E-state index in [1.165, 1.54) is 7.05 Å². The van der Waals surface area contributed by atoms with Gasteiger partial charge in [-0.25, -0.2) is 4.79 Å². The van der Waals surface area contributed by atoms with Gasteiger partial charge >= 0.3 is 12.0 Å². The highest BCUT2D eigenvalue weighted by Crippen LogP contribution is 2.22. The lowest BCUT2D eigenvalue weighted by Crippen LogP contribution is -2.47. The third kappa shape index (κ3) is 2.65. The van der Waals surface area contributed by atoms with Crippen molar-refractivity contribution in [1.29, 1.82) is 0 Å². The van der Waals surface area contributed by atoms with Crippen LogP contribution < -0.4 is 10.6 Å². The standard InChI is InChI=1S/C12H13N3O4/c1-13-12(18)14-10-8(11(16)17)9(15-19-10)7-5-3-2-4-6-7/h2-6,8,10H,1H3,(H,16,17)(H2,13,14,18). The lowest BCUT2D eigenvalue weighted by Gasteiger charge is -2.16. The molecule has 19 heavy (non-hydrogen) atoms. The van der Waals surface area contributed by atoms with Crippen LogP contribution in [0, 0.1) is 5.92 Å². The van der Waals surface area contributed by atoms with E-state index in [0.29, 0.717) is 5.56 Å². The molecular weight excluding hydrogens is 250 g/mol. The number of nitrogens with one attached hydrogen (secondary N) is 2. The first-order chi connectivity index (χ1) is 9.13. The third-order valence-electron chi connectivity index (χ3n) is 2.70. The average molecular weight is 263 g/mol. The second-order valence-corrected chi connectivity index (χ2v) is 3.91. The topological polar surface area (TPSA) is 100 Å². The minimum absolute atomic E-state index is 0.287. The summed E-state index contributed by atoms with van der Waals surface area (Å²) in [4.78, 5) is 27.6. The van der Waals surface area contributed by atoms with E-state index < -0.39 is 24.1 Å². The van der Waals surface area contributed by atoms with Crippen molar-refractivity contribution < 1.29 is 19.5 Å². The minimum atomic E-state index is -1.11. The quantitative estimate of drug-likeness (QED) is 0.733. The molecule has 1 aliphatic heterocycles. The summed E-state index contributed by atoms with van der Waals surface area (Å²) in [5.74, 6) is -2.15. The van der Waals surface area contributed by atoms with Gasteiger partial charge in [0, 0.05) is 12.6 Å². The molecule has 0 spiro atoms. The summed E-state index contributed by atoms with van der Waals surface area (Å²) in [6, 6.07) is 8.31. The number of carbonyl (C=O) groups excluding carboxylic acids is 1. The van der Waals surface area contributed by atoms with Crippen LogP contribution in [0.15, 0.2) is 35.5 Å². The Hall–Kier alpha value is -2.57. The number of carbonyl (C=O) groups is 2. The Labute approximate surface area is 109 Å². The number of hydrogen-bond donors (Lipinski definition) is 3. The van der Waals surface area contributed by atoms with Gasteiger partial charge in [-0.3, -0.25) is 10.1 Å². The van der Waals surface area contributed by atoms with Gasteiger partial charge in [0.05, 0.1) is 0 Å². The molecular formula is C12H13N3O4. The van der Waals surface area contributed by atoms with Crippen LogP contribution in [0.2, 0.25) is 0 Å². The molecule has 1 aliphatic rings. The summed E-state index contributed by atoms with van der Waals surface area (Å²) in [7, 11) is 1.43. The molecule has 0 fully saturated rings. The van der Waals surface area contributed by atoms with Gasteiger partial charge in [-0.15, -0.1) is 0 Å². The number of rotatable bonds is 3.